The van der Waals surface area contributed by atoms with Crippen molar-refractivity contribution in [2.75, 3.05) is 13.7 Å². The Morgan fingerprint density at radius 3 is 2.93 bits per heavy atom. The normalized spacial score (nSPS) is 31.1. The third-order valence-electron chi connectivity index (χ3n) is 3.32. The molecule has 2 N–H and O–H groups in total. The van der Waals surface area contributed by atoms with Gasteiger partial charge in [-0.1, -0.05) is 0 Å². The van der Waals surface area contributed by atoms with Gasteiger partial charge in [0, 0.05) is 6.61 Å². The van der Waals surface area contributed by atoms with Crippen LogP contribution < -0.4 is 5.73 Å². The van der Waals surface area contributed by atoms with E-state index in [1.807, 2.05) is 0 Å². The van der Waals surface area contributed by atoms with Crippen molar-refractivity contribution >= 4 is 5.97 Å². The second-order valence-corrected chi connectivity index (χ2v) is 4.33. The Labute approximate surface area is 83.7 Å². The summed E-state index contributed by atoms with van der Waals surface area (Å²) in [6.07, 6.45) is 4.04. The second-order valence-electron chi connectivity index (χ2n) is 4.33. The topological polar surface area (TPSA) is 61.5 Å². The highest BCUT2D eigenvalue weighted by molar-refractivity contribution is 5.75. The van der Waals surface area contributed by atoms with Crippen LogP contribution in [0.5, 0.6) is 0 Å². The van der Waals surface area contributed by atoms with E-state index < -0.39 is 6.04 Å². The first-order valence-corrected chi connectivity index (χ1v) is 5.14. The number of esters is 1. The van der Waals surface area contributed by atoms with Gasteiger partial charge in [-0.2, -0.15) is 0 Å². The summed E-state index contributed by atoms with van der Waals surface area (Å²) in [5.41, 5.74) is 5.90. The Hall–Kier alpha value is -0.610. The SMILES string of the molecule is COC(=O)[C@@H](N)[C@H]1CCOC2(CC2)C1. The Morgan fingerprint density at radius 1 is 1.64 bits per heavy atom. The van der Waals surface area contributed by atoms with Gasteiger partial charge in [0.25, 0.3) is 0 Å². The van der Waals surface area contributed by atoms with Gasteiger partial charge < -0.3 is 15.2 Å². The van der Waals surface area contributed by atoms with Gasteiger partial charge in [-0.05, 0) is 31.6 Å². The van der Waals surface area contributed by atoms with Gasteiger partial charge in [-0.25, -0.2) is 0 Å². The van der Waals surface area contributed by atoms with Crippen molar-refractivity contribution in [3.8, 4) is 0 Å². The number of ether oxygens (including phenoxy) is 2. The van der Waals surface area contributed by atoms with E-state index in [0.717, 1.165) is 32.3 Å². The highest BCUT2D eigenvalue weighted by Crippen LogP contribution is 2.48. The van der Waals surface area contributed by atoms with Crippen molar-refractivity contribution < 1.29 is 14.3 Å². The first kappa shape index (κ1) is 9.93. The first-order valence-electron chi connectivity index (χ1n) is 5.14. The molecule has 1 heterocycles. The molecule has 1 saturated heterocycles. The fourth-order valence-corrected chi connectivity index (χ4v) is 2.19. The average molecular weight is 199 g/mol. The molecule has 2 rings (SSSR count). The van der Waals surface area contributed by atoms with Crippen molar-refractivity contribution in [2.45, 2.75) is 37.3 Å². The van der Waals surface area contributed by atoms with Crippen molar-refractivity contribution in [1.82, 2.24) is 0 Å². The van der Waals surface area contributed by atoms with Crippen LogP contribution in [0, 0.1) is 5.92 Å². The standard InChI is InChI=1S/C10H17NO3/c1-13-9(12)8(11)7-2-5-14-10(6-7)3-4-10/h7-8H,2-6,11H2,1H3/t7-,8-/m0/s1. The highest BCUT2D eigenvalue weighted by atomic mass is 16.5. The number of rotatable bonds is 2. The minimum atomic E-state index is -0.471. The van der Waals surface area contributed by atoms with Crippen LogP contribution in [0.3, 0.4) is 0 Å². The van der Waals surface area contributed by atoms with Gasteiger partial charge >= 0.3 is 5.97 Å². The lowest BCUT2D eigenvalue weighted by atomic mass is 9.88. The minimum absolute atomic E-state index is 0.0779. The first-order chi connectivity index (χ1) is 6.67. The van der Waals surface area contributed by atoms with E-state index >= 15 is 0 Å². The lowest BCUT2D eigenvalue weighted by Crippen LogP contribution is -2.44. The molecule has 4 heteroatoms. The monoisotopic (exact) mass is 199 g/mol. The van der Waals surface area contributed by atoms with Crippen LogP contribution in [-0.2, 0) is 14.3 Å². The second kappa shape index (κ2) is 3.51. The Kier molecular flexibility index (Phi) is 2.49. The van der Waals surface area contributed by atoms with Crippen molar-refractivity contribution in [3.05, 3.63) is 0 Å². The molecule has 0 bridgehead atoms. The van der Waals surface area contributed by atoms with E-state index in [1.165, 1.54) is 7.11 Å². The molecular formula is C10H17NO3. The number of nitrogens with two attached hydrogens (primary N) is 1. The predicted molar refractivity (Wildman–Crippen MR) is 50.6 cm³/mol. The summed E-state index contributed by atoms with van der Waals surface area (Å²) >= 11 is 0. The van der Waals surface area contributed by atoms with Gasteiger partial charge in [0.2, 0.25) is 0 Å². The maximum absolute atomic E-state index is 11.3. The summed E-state index contributed by atoms with van der Waals surface area (Å²) in [5.74, 6) is -0.0635. The highest BCUT2D eigenvalue weighted by Gasteiger charge is 2.49. The molecule has 1 saturated carbocycles. The zero-order chi connectivity index (χ0) is 10.2. The van der Waals surface area contributed by atoms with E-state index in [4.69, 9.17) is 10.5 Å². The number of carbonyl (C=O) groups excluding carboxylic acids is 1. The smallest absolute Gasteiger partial charge is 0.322 e. The molecule has 1 aliphatic heterocycles. The molecule has 0 aromatic carbocycles. The van der Waals surface area contributed by atoms with Crippen LogP contribution in [-0.4, -0.2) is 31.3 Å². The third-order valence-corrected chi connectivity index (χ3v) is 3.32. The van der Waals surface area contributed by atoms with Crippen LogP contribution in [0.25, 0.3) is 0 Å². The van der Waals surface area contributed by atoms with Crippen molar-refractivity contribution in [3.63, 3.8) is 0 Å². The molecule has 0 radical (unpaired) electrons. The van der Waals surface area contributed by atoms with Gasteiger partial charge in [0.05, 0.1) is 12.7 Å². The largest absolute Gasteiger partial charge is 0.468 e. The quantitative estimate of drug-likeness (QED) is 0.656. The summed E-state index contributed by atoms with van der Waals surface area (Å²) in [7, 11) is 1.38. The number of methoxy groups -OCH3 is 1. The summed E-state index contributed by atoms with van der Waals surface area (Å²) in [4.78, 5) is 11.3. The van der Waals surface area contributed by atoms with E-state index in [2.05, 4.69) is 4.74 Å². The van der Waals surface area contributed by atoms with Crippen LogP contribution >= 0.6 is 0 Å². The predicted octanol–water partition coefficient (Wildman–Crippen LogP) is 0.446. The minimum Gasteiger partial charge on any atom is -0.468 e. The van der Waals surface area contributed by atoms with Gasteiger partial charge in [-0.15, -0.1) is 0 Å². The van der Waals surface area contributed by atoms with Gasteiger partial charge in [0.15, 0.2) is 0 Å². The van der Waals surface area contributed by atoms with E-state index in [0.29, 0.717) is 0 Å². The maximum Gasteiger partial charge on any atom is 0.322 e. The van der Waals surface area contributed by atoms with E-state index in [1.54, 1.807) is 0 Å². The van der Waals surface area contributed by atoms with Crippen molar-refractivity contribution in [1.29, 1.82) is 0 Å². The van der Waals surface area contributed by atoms with Crippen LogP contribution in [0.15, 0.2) is 0 Å². The molecule has 2 aliphatic rings. The fourth-order valence-electron chi connectivity index (χ4n) is 2.19. The zero-order valence-corrected chi connectivity index (χ0v) is 8.49. The molecule has 80 valence electrons. The van der Waals surface area contributed by atoms with Gasteiger partial charge in [0.1, 0.15) is 6.04 Å². The number of carbonyl (C=O) groups is 1. The Morgan fingerprint density at radius 2 is 2.36 bits per heavy atom. The van der Waals surface area contributed by atoms with Crippen LogP contribution in [0.4, 0.5) is 0 Å². The van der Waals surface area contributed by atoms with Crippen LogP contribution in [0.2, 0.25) is 0 Å². The lowest BCUT2D eigenvalue weighted by molar-refractivity contribution is -0.145. The third kappa shape index (κ3) is 1.77. The molecule has 4 nitrogen and oxygen atoms in total. The Balaban J connectivity index is 1.93. The summed E-state index contributed by atoms with van der Waals surface area (Å²) in [5, 5.41) is 0. The summed E-state index contributed by atoms with van der Waals surface area (Å²) in [6, 6.07) is -0.471. The number of hydrogen-bond acceptors (Lipinski definition) is 4. The maximum atomic E-state index is 11.3. The fraction of sp³-hybridized carbons (Fsp3) is 0.900. The molecule has 1 spiro atoms. The number of hydrogen-bond donors (Lipinski definition) is 1. The molecule has 0 aromatic rings. The molecule has 0 aromatic heterocycles. The molecular weight excluding hydrogens is 182 g/mol. The van der Waals surface area contributed by atoms with Gasteiger partial charge in [-0.3, -0.25) is 4.79 Å². The average Bonchev–Trinajstić information content (AvgIpc) is 2.95. The summed E-state index contributed by atoms with van der Waals surface area (Å²) < 4.78 is 10.3. The lowest BCUT2D eigenvalue weighted by Gasteiger charge is -2.32. The Bertz CT molecular complexity index is 238. The molecule has 1 aliphatic carbocycles. The molecule has 2 atom stereocenters. The molecule has 0 amide bonds. The molecule has 0 unspecified atom stereocenters. The molecule has 2 fully saturated rings. The molecule has 14 heavy (non-hydrogen) atoms. The van der Waals surface area contributed by atoms with E-state index in [9.17, 15) is 4.79 Å². The van der Waals surface area contributed by atoms with Crippen molar-refractivity contribution in [2.24, 2.45) is 11.7 Å². The van der Waals surface area contributed by atoms with Crippen LogP contribution in [0.1, 0.15) is 25.7 Å². The van der Waals surface area contributed by atoms with E-state index in [-0.39, 0.29) is 17.5 Å². The zero-order valence-electron chi connectivity index (χ0n) is 8.49. The summed E-state index contributed by atoms with van der Waals surface area (Å²) in [6.45, 7) is 0.732.